The van der Waals surface area contributed by atoms with Crippen LogP contribution in [0.15, 0.2) is 59.3 Å². The molecule has 0 spiro atoms. The van der Waals surface area contributed by atoms with E-state index in [1.54, 1.807) is 7.11 Å². The van der Waals surface area contributed by atoms with Crippen LogP contribution in [-0.2, 0) is 0 Å². The van der Waals surface area contributed by atoms with E-state index in [1.165, 1.54) is 19.2 Å². The van der Waals surface area contributed by atoms with Crippen molar-refractivity contribution in [2.45, 2.75) is 31.8 Å². The van der Waals surface area contributed by atoms with Gasteiger partial charge in [-0.25, -0.2) is 9.97 Å². The number of nitrogens with two attached hydrogens (primary N) is 1. The molecule has 2 aromatic carbocycles. The quantitative estimate of drug-likeness (QED) is 0.477. The molecule has 2 heterocycles. The molecule has 1 fully saturated rings. The minimum Gasteiger partial charge on any atom is -0.496 e. The minimum absolute atomic E-state index is 0.318. The van der Waals surface area contributed by atoms with Crippen molar-refractivity contribution in [1.29, 1.82) is 0 Å². The molecule has 0 saturated heterocycles. The first-order valence-corrected chi connectivity index (χ1v) is 10.2. The number of rotatable bonds is 5. The van der Waals surface area contributed by atoms with Gasteiger partial charge in [0.15, 0.2) is 0 Å². The summed E-state index contributed by atoms with van der Waals surface area (Å²) < 4.78 is 17.8. The standard InChI is InChI=1S/C24H23N3O3/c1-28-19-9-5-4-8-18(19)22-20(21-23(25)26-14-27-24(21)30-22)15-10-12-17(13-11-15)29-16-6-2-3-7-16/h4-5,8-14,16H,2-3,6-7H2,1H3,(H2,25,26,27). The Labute approximate surface area is 174 Å². The second kappa shape index (κ2) is 7.71. The van der Waals surface area contributed by atoms with Gasteiger partial charge in [-0.1, -0.05) is 24.3 Å². The van der Waals surface area contributed by atoms with Crippen LogP contribution in [0.1, 0.15) is 25.7 Å². The molecule has 6 nitrogen and oxygen atoms in total. The van der Waals surface area contributed by atoms with Crippen LogP contribution in [0.25, 0.3) is 33.6 Å². The summed E-state index contributed by atoms with van der Waals surface area (Å²) >= 11 is 0. The van der Waals surface area contributed by atoms with Crippen molar-refractivity contribution in [3.8, 4) is 33.9 Å². The summed E-state index contributed by atoms with van der Waals surface area (Å²) in [6.45, 7) is 0. The van der Waals surface area contributed by atoms with Gasteiger partial charge in [-0.3, -0.25) is 0 Å². The van der Waals surface area contributed by atoms with Gasteiger partial charge >= 0.3 is 0 Å². The van der Waals surface area contributed by atoms with E-state index in [1.807, 2.05) is 48.5 Å². The second-order valence-electron chi connectivity index (χ2n) is 7.49. The molecule has 0 unspecified atom stereocenters. The number of nitrogens with zero attached hydrogens (tertiary/aromatic N) is 2. The number of fused-ring (bicyclic) bond motifs is 1. The van der Waals surface area contributed by atoms with Crippen molar-refractivity contribution in [2.24, 2.45) is 0 Å². The van der Waals surface area contributed by atoms with Gasteiger partial charge < -0.3 is 19.6 Å². The number of benzene rings is 2. The van der Waals surface area contributed by atoms with E-state index >= 15 is 0 Å². The zero-order valence-electron chi connectivity index (χ0n) is 16.8. The molecule has 152 valence electrons. The Morgan fingerprint density at radius 3 is 2.53 bits per heavy atom. The van der Waals surface area contributed by atoms with Crippen molar-refractivity contribution in [3.63, 3.8) is 0 Å². The molecule has 2 N–H and O–H groups in total. The van der Waals surface area contributed by atoms with Gasteiger partial charge in [-0.05, 0) is 55.5 Å². The zero-order chi connectivity index (χ0) is 20.5. The summed E-state index contributed by atoms with van der Waals surface area (Å²) in [5.74, 6) is 2.62. The van der Waals surface area contributed by atoms with Gasteiger partial charge in [0.2, 0.25) is 5.71 Å². The Kier molecular flexibility index (Phi) is 4.75. The number of methoxy groups -OCH3 is 1. The lowest BCUT2D eigenvalue weighted by atomic mass is 9.98. The van der Waals surface area contributed by atoms with Crippen molar-refractivity contribution in [1.82, 2.24) is 9.97 Å². The Morgan fingerprint density at radius 1 is 1.00 bits per heavy atom. The van der Waals surface area contributed by atoms with Crippen molar-refractivity contribution in [2.75, 3.05) is 12.8 Å². The molecule has 0 bridgehead atoms. The number of nitrogen functional groups attached to an aromatic ring is 1. The number of ether oxygens (including phenoxy) is 2. The van der Waals surface area contributed by atoms with Crippen LogP contribution in [0, 0.1) is 0 Å². The van der Waals surface area contributed by atoms with E-state index in [0.29, 0.717) is 34.5 Å². The van der Waals surface area contributed by atoms with Crippen LogP contribution in [-0.4, -0.2) is 23.2 Å². The Morgan fingerprint density at radius 2 is 1.77 bits per heavy atom. The minimum atomic E-state index is 0.318. The lowest BCUT2D eigenvalue weighted by Crippen LogP contribution is -2.10. The Hall–Kier alpha value is -3.54. The van der Waals surface area contributed by atoms with Gasteiger partial charge in [0.25, 0.3) is 0 Å². The fraction of sp³-hybridized carbons (Fsp3) is 0.250. The number of aromatic nitrogens is 2. The second-order valence-corrected chi connectivity index (χ2v) is 7.49. The predicted molar refractivity (Wildman–Crippen MR) is 117 cm³/mol. The molecule has 1 aliphatic carbocycles. The highest BCUT2D eigenvalue weighted by Gasteiger charge is 2.23. The van der Waals surface area contributed by atoms with Gasteiger partial charge in [-0.15, -0.1) is 0 Å². The average molecular weight is 401 g/mol. The third-order valence-electron chi connectivity index (χ3n) is 5.62. The van der Waals surface area contributed by atoms with E-state index in [4.69, 9.17) is 19.6 Å². The fourth-order valence-electron chi connectivity index (χ4n) is 4.15. The highest BCUT2D eigenvalue weighted by molar-refractivity contribution is 6.05. The van der Waals surface area contributed by atoms with Crippen LogP contribution in [0.2, 0.25) is 0 Å². The molecule has 0 radical (unpaired) electrons. The van der Waals surface area contributed by atoms with E-state index in [2.05, 4.69) is 9.97 Å². The van der Waals surface area contributed by atoms with E-state index in [9.17, 15) is 0 Å². The van der Waals surface area contributed by atoms with E-state index in [-0.39, 0.29) is 0 Å². The lowest BCUT2D eigenvalue weighted by molar-refractivity contribution is 0.210. The Bertz CT molecular complexity index is 1180. The molecular weight excluding hydrogens is 378 g/mol. The average Bonchev–Trinajstić information content (AvgIpc) is 3.43. The molecule has 4 aromatic rings. The molecule has 0 amide bonds. The molecule has 6 heteroatoms. The smallest absolute Gasteiger partial charge is 0.232 e. The van der Waals surface area contributed by atoms with E-state index in [0.717, 1.165) is 35.3 Å². The molecule has 5 rings (SSSR count). The first-order valence-electron chi connectivity index (χ1n) is 10.2. The summed E-state index contributed by atoms with van der Waals surface area (Å²) in [6.07, 6.45) is 6.46. The summed E-state index contributed by atoms with van der Waals surface area (Å²) in [6, 6.07) is 15.8. The number of anilines is 1. The van der Waals surface area contributed by atoms with Gasteiger partial charge in [0.1, 0.15) is 29.4 Å². The van der Waals surface area contributed by atoms with E-state index < -0.39 is 0 Å². The Balaban J connectivity index is 1.64. The fourth-order valence-corrected chi connectivity index (χ4v) is 4.15. The zero-order valence-corrected chi connectivity index (χ0v) is 16.8. The predicted octanol–water partition coefficient (Wildman–Crippen LogP) is 5.47. The third-order valence-corrected chi connectivity index (χ3v) is 5.62. The monoisotopic (exact) mass is 401 g/mol. The van der Waals surface area contributed by atoms with Crippen LogP contribution < -0.4 is 15.2 Å². The van der Waals surface area contributed by atoms with Gasteiger partial charge in [0.05, 0.1) is 24.2 Å². The maximum atomic E-state index is 6.23. The molecular formula is C24H23N3O3. The van der Waals surface area contributed by atoms with Crippen molar-refractivity contribution in [3.05, 3.63) is 54.9 Å². The lowest BCUT2D eigenvalue weighted by Gasteiger charge is -2.13. The SMILES string of the molecule is COc1ccccc1-c1oc2ncnc(N)c2c1-c1ccc(OC2CCCC2)cc1. The molecule has 1 saturated carbocycles. The number of para-hydroxylation sites is 1. The molecule has 2 aromatic heterocycles. The van der Waals surface area contributed by atoms with Crippen LogP contribution in [0.4, 0.5) is 5.82 Å². The maximum absolute atomic E-state index is 6.23. The molecule has 30 heavy (non-hydrogen) atoms. The summed E-state index contributed by atoms with van der Waals surface area (Å²) in [5, 5.41) is 0.697. The normalized spacial score (nSPS) is 14.3. The number of furan rings is 1. The molecule has 1 aliphatic rings. The number of hydrogen-bond acceptors (Lipinski definition) is 6. The number of hydrogen-bond donors (Lipinski definition) is 1. The molecule has 0 aliphatic heterocycles. The first-order chi connectivity index (χ1) is 14.7. The van der Waals surface area contributed by atoms with Gasteiger partial charge in [-0.2, -0.15) is 0 Å². The summed E-state index contributed by atoms with van der Waals surface area (Å²) in [7, 11) is 1.64. The van der Waals surface area contributed by atoms with Gasteiger partial charge in [0, 0.05) is 5.56 Å². The summed E-state index contributed by atoms with van der Waals surface area (Å²) in [4.78, 5) is 8.47. The topological polar surface area (TPSA) is 83.4 Å². The maximum Gasteiger partial charge on any atom is 0.232 e. The third kappa shape index (κ3) is 3.24. The van der Waals surface area contributed by atoms with Crippen LogP contribution >= 0.6 is 0 Å². The highest BCUT2D eigenvalue weighted by atomic mass is 16.5. The summed E-state index contributed by atoms with van der Waals surface area (Å²) in [5.41, 5.74) is 9.31. The highest BCUT2D eigenvalue weighted by Crippen LogP contribution is 2.44. The largest absolute Gasteiger partial charge is 0.496 e. The molecule has 0 atom stereocenters. The van der Waals surface area contributed by atoms with Crippen molar-refractivity contribution < 1.29 is 13.9 Å². The van der Waals surface area contributed by atoms with Crippen molar-refractivity contribution >= 4 is 16.9 Å². The van der Waals surface area contributed by atoms with Crippen LogP contribution in [0.3, 0.4) is 0 Å². The van der Waals surface area contributed by atoms with Crippen LogP contribution in [0.5, 0.6) is 11.5 Å². The first kappa shape index (κ1) is 18.5.